The molecule has 4 aliphatic heterocycles. The molecule has 1 spiro atoms. The first-order chi connectivity index (χ1) is 11.4. The average Bonchev–Trinajstić information content (AvgIpc) is 2.79. The summed E-state index contributed by atoms with van der Waals surface area (Å²) in [6.45, 7) is -0.0973. The lowest BCUT2D eigenvalue weighted by Gasteiger charge is -2.57. The highest BCUT2D eigenvalue weighted by Gasteiger charge is 2.69. The third-order valence-electron chi connectivity index (χ3n) is 5.68. The Morgan fingerprint density at radius 1 is 1.17 bits per heavy atom. The van der Waals surface area contributed by atoms with Crippen LogP contribution in [0.2, 0.25) is 0 Å². The minimum atomic E-state index is -4.45. The van der Waals surface area contributed by atoms with Crippen molar-refractivity contribution in [1.29, 1.82) is 0 Å². The van der Waals surface area contributed by atoms with Gasteiger partial charge < -0.3 is 9.47 Å². The molecule has 1 saturated carbocycles. The van der Waals surface area contributed by atoms with Crippen LogP contribution in [0.25, 0.3) is 0 Å². The summed E-state index contributed by atoms with van der Waals surface area (Å²) < 4.78 is 56.3. The van der Waals surface area contributed by atoms with Gasteiger partial charge in [0.15, 0.2) is 18.0 Å². The van der Waals surface area contributed by atoms with Crippen molar-refractivity contribution in [3.05, 3.63) is 0 Å². The molecule has 5 nitrogen and oxygen atoms in total. The van der Waals surface area contributed by atoms with Gasteiger partial charge in [-0.2, -0.15) is 18.1 Å². The summed E-state index contributed by atoms with van der Waals surface area (Å²) in [5, 5.41) is 0. The van der Waals surface area contributed by atoms with Crippen molar-refractivity contribution in [2.24, 2.45) is 11.8 Å². The van der Waals surface area contributed by atoms with E-state index < -0.39 is 30.1 Å². The van der Waals surface area contributed by atoms with Gasteiger partial charge >= 0.3 is 12.1 Å². The zero-order valence-corrected chi connectivity index (χ0v) is 13.0. The van der Waals surface area contributed by atoms with Crippen molar-refractivity contribution in [1.82, 2.24) is 0 Å². The van der Waals surface area contributed by atoms with Gasteiger partial charge in [0.1, 0.15) is 6.61 Å². The Kier molecular flexibility index (Phi) is 3.86. The maximum absolute atomic E-state index is 13.3. The van der Waals surface area contributed by atoms with Crippen molar-refractivity contribution in [2.75, 3.05) is 6.61 Å². The number of terminal acetylenes is 1. The molecule has 0 radical (unpaired) electrons. The molecule has 2 bridgehead atoms. The molecule has 5 rings (SSSR count). The van der Waals surface area contributed by atoms with E-state index in [1.54, 1.807) is 0 Å². The molecule has 5 aliphatic rings. The van der Waals surface area contributed by atoms with Gasteiger partial charge in [-0.1, -0.05) is 12.3 Å². The van der Waals surface area contributed by atoms with E-state index in [0.717, 1.165) is 12.8 Å². The van der Waals surface area contributed by atoms with Crippen LogP contribution < -0.4 is 0 Å². The second kappa shape index (κ2) is 5.58. The van der Waals surface area contributed by atoms with E-state index >= 15 is 0 Å². The molecule has 4 heterocycles. The summed E-state index contributed by atoms with van der Waals surface area (Å²) in [5.41, 5.74) is -1.00. The van der Waals surface area contributed by atoms with E-state index in [0.29, 0.717) is 19.3 Å². The molecule has 0 N–H and O–H groups in total. The van der Waals surface area contributed by atoms with Crippen LogP contribution in [-0.2, 0) is 24.0 Å². The van der Waals surface area contributed by atoms with Crippen LogP contribution >= 0.6 is 0 Å². The van der Waals surface area contributed by atoms with Gasteiger partial charge in [0.05, 0.1) is 0 Å². The highest BCUT2D eigenvalue weighted by Crippen LogP contribution is 2.59. The summed E-state index contributed by atoms with van der Waals surface area (Å²) in [5.74, 6) is 0.384. The fourth-order valence-electron chi connectivity index (χ4n) is 4.58. The van der Waals surface area contributed by atoms with Gasteiger partial charge in [-0.05, 0) is 37.5 Å². The molecular weight excluding hydrogens is 329 g/mol. The molecule has 6 atom stereocenters. The van der Waals surface area contributed by atoms with Crippen molar-refractivity contribution in [2.45, 2.75) is 68.7 Å². The quantitative estimate of drug-likeness (QED) is 0.567. The maximum atomic E-state index is 13.3. The SMILES string of the molecule is C#CCOC12CCC3CCCC4CC(C(F)(F)F)OC(O1)C34OO2. The largest absolute Gasteiger partial charge is 0.414 e. The number of ether oxygens (including phenoxy) is 3. The molecule has 0 aromatic rings. The second-order valence-electron chi connectivity index (χ2n) is 6.91. The van der Waals surface area contributed by atoms with E-state index in [1.807, 2.05) is 0 Å². The Hall–Kier alpha value is -0.850. The highest BCUT2D eigenvalue weighted by atomic mass is 19.4. The zero-order valence-electron chi connectivity index (χ0n) is 13.0. The standard InChI is InChI=1S/C16H19F3O5/c1-2-8-20-14-7-6-10-4-3-5-11-9-12(16(17,18)19)21-13(22-14)15(10,11)24-23-14/h1,10-13H,3-9H2. The number of alkyl halides is 3. The predicted octanol–water partition coefficient (Wildman–Crippen LogP) is 2.89. The smallest absolute Gasteiger partial charge is 0.337 e. The number of hydrogen-bond donors (Lipinski definition) is 0. The fraction of sp³-hybridized carbons (Fsp3) is 0.875. The third kappa shape index (κ3) is 2.37. The van der Waals surface area contributed by atoms with Gasteiger partial charge in [0, 0.05) is 6.42 Å². The Labute approximate surface area is 137 Å². The maximum Gasteiger partial charge on any atom is 0.414 e. The normalized spacial score (nSPS) is 47.6. The topological polar surface area (TPSA) is 46.2 Å². The monoisotopic (exact) mass is 348 g/mol. The van der Waals surface area contributed by atoms with Crippen molar-refractivity contribution in [3.63, 3.8) is 0 Å². The molecule has 8 heteroatoms. The molecule has 0 aromatic carbocycles. The first kappa shape index (κ1) is 16.6. The third-order valence-corrected chi connectivity index (χ3v) is 5.68. The molecule has 24 heavy (non-hydrogen) atoms. The van der Waals surface area contributed by atoms with Crippen molar-refractivity contribution in [3.8, 4) is 12.3 Å². The van der Waals surface area contributed by atoms with Gasteiger partial charge in [-0.3, -0.25) is 4.74 Å². The minimum Gasteiger partial charge on any atom is -0.337 e. The number of halogens is 3. The molecule has 134 valence electrons. The molecule has 1 aliphatic carbocycles. The van der Waals surface area contributed by atoms with E-state index in [2.05, 4.69) is 5.92 Å². The van der Waals surface area contributed by atoms with Crippen LogP contribution in [0.4, 0.5) is 13.2 Å². The summed E-state index contributed by atoms with van der Waals surface area (Å²) in [6, 6.07) is 0. The highest BCUT2D eigenvalue weighted by molar-refractivity contribution is 5.07. The Balaban J connectivity index is 1.68. The van der Waals surface area contributed by atoms with Gasteiger partial charge in [-0.15, -0.1) is 6.42 Å². The second-order valence-corrected chi connectivity index (χ2v) is 6.91. The molecular formula is C16H19F3O5. The van der Waals surface area contributed by atoms with Crippen LogP contribution in [0.3, 0.4) is 0 Å². The fourth-order valence-corrected chi connectivity index (χ4v) is 4.58. The van der Waals surface area contributed by atoms with Crippen LogP contribution in [-0.4, -0.2) is 36.8 Å². The molecule has 5 fully saturated rings. The average molecular weight is 348 g/mol. The lowest BCUT2D eigenvalue weighted by Crippen LogP contribution is -2.69. The number of hydrogen-bond acceptors (Lipinski definition) is 5. The van der Waals surface area contributed by atoms with Crippen LogP contribution in [0.5, 0.6) is 0 Å². The molecule has 4 saturated heterocycles. The summed E-state index contributed by atoms with van der Waals surface area (Å²) in [7, 11) is 0. The Morgan fingerprint density at radius 2 is 1.96 bits per heavy atom. The van der Waals surface area contributed by atoms with E-state index in [9.17, 15) is 13.2 Å². The van der Waals surface area contributed by atoms with Crippen LogP contribution in [0, 0.1) is 24.2 Å². The summed E-state index contributed by atoms with van der Waals surface area (Å²) >= 11 is 0. The first-order valence-electron chi connectivity index (χ1n) is 8.24. The lowest BCUT2D eigenvalue weighted by atomic mass is 9.64. The lowest BCUT2D eigenvalue weighted by molar-refractivity contribution is -0.616. The summed E-state index contributed by atoms with van der Waals surface area (Å²) in [6.07, 6.45) is 0.895. The van der Waals surface area contributed by atoms with Gasteiger partial charge in [0.25, 0.3) is 0 Å². The van der Waals surface area contributed by atoms with Crippen molar-refractivity contribution >= 4 is 0 Å². The van der Waals surface area contributed by atoms with Gasteiger partial charge in [0.2, 0.25) is 0 Å². The molecule has 0 aromatic heterocycles. The van der Waals surface area contributed by atoms with Crippen molar-refractivity contribution < 1.29 is 37.2 Å². The number of fused-ring (bicyclic) bond motifs is 2. The van der Waals surface area contributed by atoms with Gasteiger partial charge in [-0.25, -0.2) is 4.89 Å². The molecule has 0 amide bonds. The predicted molar refractivity (Wildman–Crippen MR) is 72.9 cm³/mol. The van der Waals surface area contributed by atoms with E-state index in [1.165, 1.54) is 0 Å². The van der Waals surface area contributed by atoms with Crippen LogP contribution in [0.1, 0.15) is 38.5 Å². The Morgan fingerprint density at radius 3 is 2.71 bits per heavy atom. The number of rotatable bonds is 2. The van der Waals surface area contributed by atoms with E-state index in [-0.39, 0.29) is 24.9 Å². The minimum absolute atomic E-state index is 0.00856. The zero-order chi connectivity index (χ0) is 17.0. The molecule has 6 unspecified atom stereocenters. The van der Waals surface area contributed by atoms with Crippen LogP contribution in [0.15, 0.2) is 0 Å². The Bertz CT molecular complexity index is 547. The first-order valence-corrected chi connectivity index (χ1v) is 8.24. The van der Waals surface area contributed by atoms with E-state index in [4.69, 9.17) is 30.4 Å². The summed E-state index contributed by atoms with van der Waals surface area (Å²) in [4.78, 5) is 11.1.